The maximum Gasteiger partial charge on any atom is 0.319 e. The number of rotatable bonds is 5. The van der Waals surface area contributed by atoms with E-state index in [1.165, 1.54) is 11.0 Å². The first-order chi connectivity index (χ1) is 16.8. The molecule has 0 saturated heterocycles. The number of carbonyl (C=O) groups is 3. The van der Waals surface area contributed by atoms with Crippen LogP contribution < -0.4 is 16.4 Å². The molecule has 1 aliphatic rings. The van der Waals surface area contributed by atoms with Gasteiger partial charge < -0.3 is 15.6 Å². The molecule has 2 heterocycles. The standard InChI is InChI=1S/C26H25N5O3S/c1-15-12-17(13-18(14-27)23(32)30-26(28)34)16(2)31(15)25-22(20-10-6-7-11-21(20)35-25)24(33)29-19-8-4-3-5-9-19/h3-5,8-9,12-13H,6-7,10-11H2,1-2H3,(H,29,33)(H3,28,30,32,34)/b18-13-. The van der Waals surface area contributed by atoms with Crippen LogP contribution in [0.3, 0.4) is 0 Å². The molecular formula is C26H25N5O3S. The van der Waals surface area contributed by atoms with E-state index >= 15 is 0 Å². The molecule has 4 amide bonds. The first kappa shape index (κ1) is 24.0. The number of amides is 4. The zero-order valence-corrected chi connectivity index (χ0v) is 20.3. The van der Waals surface area contributed by atoms with Crippen LogP contribution in [-0.4, -0.2) is 22.4 Å². The number of aryl methyl sites for hydroxylation is 2. The van der Waals surface area contributed by atoms with Gasteiger partial charge in [-0.2, -0.15) is 5.26 Å². The van der Waals surface area contributed by atoms with Gasteiger partial charge in [-0.3, -0.25) is 14.9 Å². The summed E-state index contributed by atoms with van der Waals surface area (Å²) in [6.45, 7) is 3.79. The van der Waals surface area contributed by atoms with E-state index in [4.69, 9.17) is 5.73 Å². The Labute approximate surface area is 207 Å². The number of nitrogens with two attached hydrogens (primary N) is 1. The molecule has 0 saturated carbocycles. The van der Waals surface area contributed by atoms with Crippen LogP contribution in [0.2, 0.25) is 0 Å². The molecule has 0 radical (unpaired) electrons. The van der Waals surface area contributed by atoms with Crippen molar-refractivity contribution < 1.29 is 14.4 Å². The van der Waals surface area contributed by atoms with Gasteiger partial charge in [0.25, 0.3) is 11.8 Å². The highest BCUT2D eigenvalue weighted by Crippen LogP contribution is 2.39. The molecule has 0 fully saturated rings. The van der Waals surface area contributed by atoms with E-state index in [1.54, 1.807) is 11.3 Å². The van der Waals surface area contributed by atoms with Gasteiger partial charge in [-0.15, -0.1) is 11.3 Å². The number of aromatic nitrogens is 1. The number of urea groups is 1. The van der Waals surface area contributed by atoms with Crippen molar-refractivity contribution in [2.24, 2.45) is 5.73 Å². The number of thiophene rings is 1. The summed E-state index contributed by atoms with van der Waals surface area (Å²) in [7, 11) is 0. The van der Waals surface area contributed by atoms with E-state index in [-0.39, 0.29) is 11.5 Å². The Hall–Kier alpha value is -4.16. The minimum absolute atomic E-state index is 0.159. The number of hydrogen-bond donors (Lipinski definition) is 3. The van der Waals surface area contributed by atoms with Crippen LogP contribution in [0, 0.1) is 25.2 Å². The third kappa shape index (κ3) is 4.88. The summed E-state index contributed by atoms with van der Waals surface area (Å²) >= 11 is 1.61. The maximum atomic E-state index is 13.5. The summed E-state index contributed by atoms with van der Waals surface area (Å²) in [6.07, 6.45) is 5.33. The molecule has 0 atom stereocenters. The lowest BCUT2D eigenvalue weighted by Crippen LogP contribution is -2.35. The average molecular weight is 488 g/mol. The zero-order chi connectivity index (χ0) is 25.1. The Kier molecular flexibility index (Phi) is 6.85. The molecule has 4 rings (SSSR count). The van der Waals surface area contributed by atoms with E-state index in [0.717, 1.165) is 53.3 Å². The lowest BCUT2D eigenvalue weighted by molar-refractivity contribution is -0.115. The van der Waals surface area contributed by atoms with E-state index in [9.17, 15) is 19.6 Å². The van der Waals surface area contributed by atoms with Gasteiger partial charge in [0.2, 0.25) is 0 Å². The molecule has 0 unspecified atom stereocenters. The maximum absolute atomic E-state index is 13.5. The molecule has 0 bridgehead atoms. The van der Waals surface area contributed by atoms with Crippen LogP contribution >= 0.6 is 11.3 Å². The number of carbonyl (C=O) groups excluding carboxylic acids is 3. The summed E-state index contributed by atoms with van der Waals surface area (Å²) in [4.78, 5) is 37.9. The lowest BCUT2D eigenvalue weighted by atomic mass is 9.95. The van der Waals surface area contributed by atoms with Crippen molar-refractivity contribution in [3.05, 3.63) is 74.9 Å². The number of para-hydroxylation sites is 1. The highest BCUT2D eigenvalue weighted by atomic mass is 32.1. The number of primary amides is 1. The number of nitrogens with one attached hydrogen (secondary N) is 2. The van der Waals surface area contributed by atoms with Crippen molar-refractivity contribution in [1.29, 1.82) is 5.26 Å². The van der Waals surface area contributed by atoms with E-state index in [0.29, 0.717) is 11.1 Å². The Bertz CT molecular complexity index is 1390. The van der Waals surface area contributed by atoms with Crippen molar-refractivity contribution in [1.82, 2.24) is 9.88 Å². The zero-order valence-electron chi connectivity index (χ0n) is 19.5. The monoisotopic (exact) mass is 487 g/mol. The molecule has 1 aliphatic carbocycles. The molecule has 2 aromatic heterocycles. The summed E-state index contributed by atoms with van der Waals surface area (Å²) < 4.78 is 2.00. The second-order valence-electron chi connectivity index (χ2n) is 8.36. The molecular weight excluding hydrogens is 462 g/mol. The summed E-state index contributed by atoms with van der Waals surface area (Å²) in [5.41, 5.74) is 9.52. The van der Waals surface area contributed by atoms with Gasteiger partial charge in [-0.05, 0) is 74.9 Å². The molecule has 8 nitrogen and oxygen atoms in total. The van der Waals surface area contributed by atoms with Gasteiger partial charge in [0.1, 0.15) is 16.6 Å². The van der Waals surface area contributed by atoms with Gasteiger partial charge in [0, 0.05) is 22.0 Å². The van der Waals surface area contributed by atoms with Gasteiger partial charge >= 0.3 is 6.03 Å². The van der Waals surface area contributed by atoms with E-state index in [2.05, 4.69) is 5.32 Å². The summed E-state index contributed by atoms with van der Waals surface area (Å²) in [5, 5.41) is 15.2. The van der Waals surface area contributed by atoms with Crippen molar-refractivity contribution in [3.8, 4) is 11.1 Å². The topological polar surface area (TPSA) is 130 Å². The number of nitriles is 1. The fourth-order valence-electron chi connectivity index (χ4n) is 4.39. The second kappa shape index (κ2) is 9.99. The Morgan fingerprint density at radius 2 is 1.86 bits per heavy atom. The van der Waals surface area contributed by atoms with E-state index < -0.39 is 11.9 Å². The highest BCUT2D eigenvalue weighted by Gasteiger charge is 2.28. The Morgan fingerprint density at radius 3 is 2.54 bits per heavy atom. The van der Waals surface area contributed by atoms with Crippen LogP contribution in [-0.2, 0) is 17.6 Å². The molecule has 4 N–H and O–H groups in total. The normalized spacial score (nSPS) is 13.0. The first-order valence-corrected chi connectivity index (χ1v) is 12.0. The van der Waals surface area contributed by atoms with Gasteiger partial charge in [-0.1, -0.05) is 18.2 Å². The lowest BCUT2D eigenvalue weighted by Gasteiger charge is -2.14. The molecule has 0 aliphatic heterocycles. The number of anilines is 1. The minimum Gasteiger partial charge on any atom is -0.351 e. The van der Waals surface area contributed by atoms with Crippen LogP contribution in [0.4, 0.5) is 10.5 Å². The predicted octanol–water partition coefficient (Wildman–Crippen LogP) is 4.39. The van der Waals surface area contributed by atoms with Crippen LogP contribution in [0.5, 0.6) is 0 Å². The van der Waals surface area contributed by atoms with Gasteiger partial charge in [0.15, 0.2) is 0 Å². The molecule has 178 valence electrons. The summed E-state index contributed by atoms with van der Waals surface area (Å²) in [5.74, 6) is -1.02. The predicted molar refractivity (Wildman–Crippen MR) is 135 cm³/mol. The quantitative estimate of drug-likeness (QED) is 0.364. The molecule has 3 aromatic rings. The van der Waals surface area contributed by atoms with Crippen LogP contribution in [0.1, 0.15) is 50.6 Å². The fraction of sp³-hybridized carbons (Fsp3) is 0.231. The number of imide groups is 1. The van der Waals surface area contributed by atoms with Crippen LogP contribution in [0.15, 0.2) is 42.0 Å². The fourth-order valence-corrected chi connectivity index (χ4v) is 5.89. The van der Waals surface area contributed by atoms with E-state index in [1.807, 2.05) is 66.2 Å². The Morgan fingerprint density at radius 1 is 1.14 bits per heavy atom. The second-order valence-corrected chi connectivity index (χ2v) is 9.44. The first-order valence-electron chi connectivity index (χ1n) is 11.2. The third-order valence-corrected chi connectivity index (χ3v) is 7.26. The SMILES string of the molecule is Cc1cc(/C=C(/C#N)C(=O)NC(N)=O)c(C)n1-c1sc2c(c1C(=O)Nc1ccccc1)CCCC2. The summed E-state index contributed by atoms with van der Waals surface area (Å²) in [6, 6.07) is 12.0. The largest absolute Gasteiger partial charge is 0.351 e. The van der Waals surface area contributed by atoms with Crippen LogP contribution in [0.25, 0.3) is 11.1 Å². The van der Waals surface area contributed by atoms with Crippen molar-refractivity contribution in [2.45, 2.75) is 39.5 Å². The number of fused-ring (bicyclic) bond motifs is 1. The minimum atomic E-state index is -1.03. The smallest absolute Gasteiger partial charge is 0.319 e. The van der Waals surface area contributed by atoms with Gasteiger partial charge in [-0.25, -0.2) is 4.79 Å². The Balaban J connectivity index is 1.80. The van der Waals surface area contributed by atoms with Crippen molar-refractivity contribution >= 4 is 40.9 Å². The number of benzene rings is 1. The average Bonchev–Trinajstić information content (AvgIpc) is 3.33. The molecule has 1 aromatic carbocycles. The van der Waals surface area contributed by atoms with Gasteiger partial charge in [0.05, 0.1) is 5.56 Å². The van der Waals surface area contributed by atoms with Crippen molar-refractivity contribution in [3.63, 3.8) is 0 Å². The molecule has 9 heteroatoms. The number of hydrogen-bond acceptors (Lipinski definition) is 5. The number of nitrogens with zero attached hydrogens (tertiary/aromatic N) is 2. The highest BCUT2D eigenvalue weighted by molar-refractivity contribution is 7.15. The molecule has 0 spiro atoms. The molecule has 35 heavy (non-hydrogen) atoms. The van der Waals surface area contributed by atoms with Crippen molar-refractivity contribution in [2.75, 3.05) is 5.32 Å². The third-order valence-electron chi connectivity index (χ3n) is 5.99.